The number of likely N-dealkylation sites (tertiary alicyclic amines) is 1. The zero-order valence-electron chi connectivity index (χ0n) is 16.2. The van der Waals surface area contributed by atoms with E-state index in [-0.39, 0.29) is 11.8 Å². The van der Waals surface area contributed by atoms with Crippen molar-refractivity contribution in [2.45, 2.75) is 38.6 Å². The highest BCUT2D eigenvalue weighted by Crippen LogP contribution is 2.29. The number of carbonyl (C=O) groups excluding carboxylic acids is 1. The second-order valence-electron chi connectivity index (χ2n) is 7.72. The molecule has 0 radical (unpaired) electrons. The Balaban J connectivity index is 1.46. The van der Waals surface area contributed by atoms with Gasteiger partial charge in [-0.2, -0.15) is 0 Å². The summed E-state index contributed by atoms with van der Waals surface area (Å²) in [5.41, 5.74) is 2.58. The number of furan rings is 1. The van der Waals surface area contributed by atoms with Gasteiger partial charge in [0.1, 0.15) is 11.5 Å². The Bertz CT molecular complexity index is 808. The number of ether oxygens (including phenoxy) is 1. The molecule has 0 saturated carbocycles. The molecule has 4 rings (SSSR count). The molecule has 0 spiro atoms. The third-order valence-corrected chi connectivity index (χ3v) is 5.77. The Kier molecular flexibility index (Phi) is 5.21. The number of hydrogen-bond acceptors (Lipinski definition) is 4. The lowest BCUT2D eigenvalue weighted by molar-refractivity contribution is 0.0718. The highest BCUT2D eigenvalue weighted by atomic mass is 16.5. The van der Waals surface area contributed by atoms with E-state index >= 15 is 0 Å². The third-order valence-electron chi connectivity index (χ3n) is 5.77. The van der Waals surface area contributed by atoms with Gasteiger partial charge < -0.3 is 14.1 Å². The van der Waals surface area contributed by atoms with Crippen molar-refractivity contribution < 1.29 is 13.9 Å². The van der Waals surface area contributed by atoms with Crippen molar-refractivity contribution >= 4 is 5.91 Å². The molecular formula is C22H28N2O3. The maximum atomic E-state index is 13.0. The summed E-state index contributed by atoms with van der Waals surface area (Å²) in [7, 11) is 1.69. The van der Waals surface area contributed by atoms with Crippen LogP contribution in [0.3, 0.4) is 0 Å². The molecule has 1 aromatic heterocycles. The summed E-state index contributed by atoms with van der Waals surface area (Å²) in [5.74, 6) is 2.48. The number of fused-ring (bicyclic) bond motifs is 1. The van der Waals surface area contributed by atoms with Crippen molar-refractivity contribution in [3.05, 3.63) is 53.0 Å². The van der Waals surface area contributed by atoms with Gasteiger partial charge in [-0.1, -0.05) is 13.0 Å². The summed E-state index contributed by atoms with van der Waals surface area (Å²) in [5, 5.41) is 0. The van der Waals surface area contributed by atoms with Gasteiger partial charge in [0.2, 0.25) is 0 Å². The van der Waals surface area contributed by atoms with Gasteiger partial charge in [0.25, 0.3) is 5.91 Å². The Labute approximate surface area is 160 Å². The van der Waals surface area contributed by atoms with Crippen molar-refractivity contribution in [3.63, 3.8) is 0 Å². The minimum atomic E-state index is -0.00528. The van der Waals surface area contributed by atoms with E-state index in [1.54, 1.807) is 7.11 Å². The van der Waals surface area contributed by atoms with Crippen LogP contribution in [-0.2, 0) is 13.0 Å². The van der Waals surface area contributed by atoms with E-state index < -0.39 is 0 Å². The maximum Gasteiger partial charge on any atom is 0.289 e. The number of methoxy groups -OCH3 is 1. The number of benzene rings is 1. The number of rotatable bonds is 4. The first-order valence-electron chi connectivity index (χ1n) is 9.91. The molecule has 1 atom stereocenters. The average molecular weight is 368 g/mol. The van der Waals surface area contributed by atoms with Gasteiger partial charge in [-0.25, -0.2) is 0 Å². The maximum absolute atomic E-state index is 13.0. The molecule has 1 saturated heterocycles. The summed E-state index contributed by atoms with van der Waals surface area (Å²) < 4.78 is 11.3. The Morgan fingerprint density at radius 1 is 1.19 bits per heavy atom. The molecule has 5 heteroatoms. The number of nitrogens with zero attached hydrogens (tertiary/aromatic N) is 2. The van der Waals surface area contributed by atoms with Crippen LogP contribution in [0.25, 0.3) is 0 Å². The molecule has 144 valence electrons. The van der Waals surface area contributed by atoms with E-state index in [1.165, 1.54) is 24.0 Å². The molecule has 0 N–H and O–H groups in total. The first-order valence-corrected chi connectivity index (χ1v) is 9.91. The Morgan fingerprint density at radius 3 is 2.78 bits per heavy atom. The fraction of sp³-hybridized carbons (Fsp3) is 0.500. The first-order chi connectivity index (χ1) is 13.1. The summed E-state index contributed by atoms with van der Waals surface area (Å²) in [6.45, 7) is 6.62. The van der Waals surface area contributed by atoms with Crippen LogP contribution in [0.2, 0.25) is 0 Å². The van der Waals surface area contributed by atoms with Gasteiger partial charge in [-0.3, -0.25) is 9.69 Å². The van der Waals surface area contributed by atoms with Crippen molar-refractivity contribution in [2.75, 3.05) is 33.3 Å². The van der Waals surface area contributed by atoms with Crippen LogP contribution >= 0.6 is 0 Å². The standard InChI is InChI=1S/C22H28N2O3/c1-16-14-24(12-9-17-5-6-18(26-2)13-20(16)17)22(25)21-8-7-19(27-21)15-23-10-3-4-11-23/h5-8,13,16H,3-4,9-12,14-15H2,1-2H3. The van der Waals surface area contributed by atoms with Crippen molar-refractivity contribution in [1.82, 2.24) is 9.80 Å². The highest BCUT2D eigenvalue weighted by molar-refractivity contribution is 5.91. The van der Waals surface area contributed by atoms with Gasteiger partial charge in [0, 0.05) is 13.1 Å². The van der Waals surface area contributed by atoms with Crippen LogP contribution in [-0.4, -0.2) is 49.0 Å². The number of amides is 1. The van der Waals surface area contributed by atoms with Crippen LogP contribution in [0, 0.1) is 0 Å². The molecule has 1 fully saturated rings. The minimum Gasteiger partial charge on any atom is -0.497 e. The van der Waals surface area contributed by atoms with Gasteiger partial charge in [-0.05, 0) is 73.7 Å². The summed E-state index contributed by atoms with van der Waals surface area (Å²) >= 11 is 0. The molecule has 27 heavy (non-hydrogen) atoms. The molecule has 5 nitrogen and oxygen atoms in total. The SMILES string of the molecule is COc1ccc2c(c1)C(C)CN(C(=O)c1ccc(CN3CCCC3)o1)CC2. The zero-order valence-corrected chi connectivity index (χ0v) is 16.2. The molecule has 2 aromatic rings. The summed E-state index contributed by atoms with van der Waals surface area (Å²) in [6.07, 6.45) is 3.36. The third kappa shape index (κ3) is 3.88. The summed E-state index contributed by atoms with van der Waals surface area (Å²) in [6, 6.07) is 10.0. The first kappa shape index (κ1) is 18.1. The topological polar surface area (TPSA) is 45.9 Å². The van der Waals surface area contributed by atoms with Crippen LogP contribution in [0.5, 0.6) is 5.75 Å². The lowest BCUT2D eigenvalue weighted by Gasteiger charge is -2.22. The Morgan fingerprint density at radius 2 is 2.00 bits per heavy atom. The smallest absolute Gasteiger partial charge is 0.289 e. The largest absolute Gasteiger partial charge is 0.497 e. The quantitative estimate of drug-likeness (QED) is 0.826. The van der Waals surface area contributed by atoms with Gasteiger partial charge >= 0.3 is 0 Å². The molecule has 2 aliphatic rings. The minimum absolute atomic E-state index is 0.00528. The van der Waals surface area contributed by atoms with Gasteiger partial charge in [-0.15, -0.1) is 0 Å². The van der Waals surface area contributed by atoms with E-state index in [1.807, 2.05) is 23.1 Å². The molecule has 1 unspecified atom stereocenters. The van der Waals surface area contributed by atoms with E-state index in [9.17, 15) is 4.79 Å². The fourth-order valence-corrected chi connectivity index (χ4v) is 4.24. The van der Waals surface area contributed by atoms with Crippen LogP contribution in [0.15, 0.2) is 34.7 Å². The molecule has 1 amide bonds. The van der Waals surface area contributed by atoms with Gasteiger partial charge in [0.15, 0.2) is 5.76 Å². The second-order valence-corrected chi connectivity index (χ2v) is 7.72. The lowest BCUT2D eigenvalue weighted by atomic mass is 9.95. The zero-order chi connectivity index (χ0) is 18.8. The van der Waals surface area contributed by atoms with Crippen molar-refractivity contribution in [3.8, 4) is 5.75 Å². The van der Waals surface area contributed by atoms with Crippen LogP contribution < -0.4 is 4.74 Å². The van der Waals surface area contributed by atoms with E-state index in [0.717, 1.165) is 37.6 Å². The monoisotopic (exact) mass is 368 g/mol. The Hall–Kier alpha value is -2.27. The average Bonchev–Trinajstić information content (AvgIpc) is 3.33. The van der Waals surface area contributed by atoms with Crippen molar-refractivity contribution in [1.29, 1.82) is 0 Å². The van der Waals surface area contributed by atoms with E-state index in [0.29, 0.717) is 18.8 Å². The van der Waals surface area contributed by atoms with E-state index in [4.69, 9.17) is 9.15 Å². The predicted octanol–water partition coefficient (Wildman–Crippen LogP) is 3.69. The van der Waals surface area contributed by atoms with Crippen LogP contribution in [0.1, 0.15) is 53.1 Å². The highest BCUT2D eigenvalue weighted by Gasteiger charge is 2.26. The van der Waals surface area contributed by atoms with E-state index in [2.05, 4.69) is 24.0 Å². The van der Waals surface area contributed by atoms with Crippen molar-refractivity contribution in [2.24, 2.45) is 0 Å². The summed E-state index contributed by atoms with van der Waals surface area (Å²) in [4.78, 5) is 17.3. The normalized spacial score (nSPS) is 20.4. The van der Waals surface area contributed by atoms with Crippen LogP contribution in [0.4, 0.5) is 0 Å². The number of carbonyl (C=O) groups is 1. The molecule has 3 heterocycles. The molecule has 0 bridgehead atoms. The molecule has 1 aromatic carbocycles. The molecule has 0 aliphatic carbocycles. The molecular weight excluding hydrogens is 340 g/mol. The predicted molar refractivity (Wildman–Crippen MR) is 104 cm³/mol. The number of hydrogen-bond donors (Lipinski definition) is 0. The second kappa shape index (κ2) is 7.77. The fourth-order valence-electron chi connectivity index (χ4n) is 4.24. The lowest BCUT2D eigenvalue weighted by Crippen LogP contribution is -2.34. The molecule has 2 aliphatic heterocycles. The van der Waals surface area contributed by atoms with Gasteiger partial charge in [0.05, 0.1) is 13.7 Å².